The van der Waals surface area contributed by atoms with Gasteiger partial charge in [0.15, 0.2) is 5.65 Å². The van der Waals surface area contributed by atoms with E-state index in [9.17, 15) is 0 Å². The minimum Gasteiger partial charge on any atom is -0.370 e. The molecule has 0 saturated heterocycles. The zero-order valence-corrected chi connectivity index (χ0v) is 12.0. The Bertz CT molecular complexity index is 765. The van der Waals surface area contributed by atoms with E-state index in [-0.39, 0.29) is 0 Å². The Morgan fingerprint density at radius 1 is 1.30 bits per heavy atom. The van der Waals surface area contributed by atoms with Gasteiger partial charge in [-0.15, -0.1) is 0 Å². The summed E-state index contributed by atoms with van der Waals surface area (Å²) in [5, 5.41) is 9.21. The Kier molecular flexibility index (Phi) is 3.28. The van der Waals surface area contributed by atoms with Crippen molar-refractivity contribution in [1.29, 1.82) is 0 Å². The minimum absolute atomic E-state index is 0.715. The van der Waals surface area contributed by atoms with Gasteiger partial charge in [0, 0.05) is 11.6 Å². The maximum absolute atomic E-state index is 6.18. The summed E-state index contributed by atoms with van der Waals surface area (Å²) in [7, 11) is 0. The number of halogens is 1. The van der Waals surface area contributed by atoms with E-state index in [1.807, 2.05) is 32.0 Å². The second-order valence-corrected chi connectivity index (χ2v) is 4.89. The van der Waals surface area contributed by atoms with Crippen LogP contribution in [0.2, 0.25) is 5.02 Å². The fourth-order valence-electron chi connectivity index (χ4n) is 2.05. The van der Waals surface area contributed by atoms with Crippen LogP contribution in [0.1, 0.15) is 12.5 Å². The molecular formula is C14H14ClN5. The first-order chi connectivity index (χ1) is 9.70. The summed E-state index contributed by atoms with van der Waals surface area (Å²) in [4.78, 5) is 8.55. The van der Waals surface area contributed by atoms with Crippen molar-refractivity contribution in [2.24, 2.45) is 0 Å². The van der Waals surface area contributed by atoms with Gasteiger partial charge < -0.3 is 5.32 Å². The predicted molar refractivity (Wildman–Crippen MR) is 80.6 cm³/mol. The molecule has 0 amide bonds. The fourth-order valence-corrected chi connectivity index (χ4v) is 2.23. The van der Waals surface area contributed by atoms with Crippen molar-refractivity contribution in [3.8, 4) is 5.69 Å². The average molecular weight is 288 g/mol. The Balaban J connectivity index is 2.17. The Hall–Kier alpha value is -2.14. The van der Waals surface area contributed by atoms with Crippen LogP contribution in [0, 0.1) is 6.92 Å². The SMILES string of the molecule is CCNc1ncnc2c1cnn2-c1ccc(C)c(Cl)c1. The van der Waals surface area contributed by atoms with Crippen molar-refractivity contribution in [2.75, 3.05) is 11.9 Å². The van der Waals surface area contributed by atoms with Crippen molar-refractivity contribution < 1.29 is 0 Å². The van der Waals surface area contributed by atoms with E-state index in [1.165, 1.54) is 6.33 Å². The molecule has 0 radical (unpaired) electrons. The fraction of sp³-hybridized carbons (Fsp3) is 0.214. The molecule has 6 heteroatoms. The second kappa shape index (κ2) is 5.09. The van der Waals surface area contributed by atoms with Crippen LogP contribution >= 0.6 is 11.6 Å². The molecule has 3 rings (SSSR count). The van der Waals surface area contributed by atoms with Crippen molar-refractivity contribution in [3.05, 3.63) is 41.3 Å². The molecule has 5 nitrogen and oxygen atoms in total. The number of aryl methyl sites for hydroxylation is 1. The second-order valence-electron chi connectivity index (χ2n) is 4.48. The number of aromatic nitrogens is 4. The third kappa shape index (κ3) is 2.10. The highest BCUT2D eigenvalue weighted by Crippen LogP contribution is 2.24. The van der Waals surface area contributed by atoms with Gasteiger partial charge in [0.2, 0.25) is 0 Å². The van der Waals surface area contributed by atoms with Crippen LogP contribution in [0.4, 0.5) is 5.82 Å². The first-order valence-corrected chi connectivity index (χ1v) is 6.77. The maximum Gasteiger partial charge on any atom is 0.168 e. The van der Waals surface area contributed by atoms with Crippen molar-refractivity contribution in [2.45, 2.75) is 13.8 Å². The average Bonchev–Trinajstić information content (AvgIpc) is 2.87. The lowest BCUT2D eigenvalue weighted by Crippen LogP contribution is -2.02. The summed E-state index contributed by atoms with van der Waals surface area (Å²) < 4.78 is 1.77. The number of hydrogen-bond donors (Lipinski definition) is 1. The molecule has 2 aromatic heterocycles. The van der Waals surface area contributed by atoms with Crippen LogP contribution in [0.15, 0.2) is 30.7 Å². The molecule has 1 N–H and O–H groups in total. The van der Waals surface area contributed by atoms with Gasteiger partial charge in [-0.25, -0.2) is 14.6 Å². The van der Waals surface area contributed by atoms with Gasteiger partial charge in [-0.2, -0.15) is 5.10 Å². The number of nitrogens with one attached hydrogen (secondary N) is 1. The molecule has 0 spiro atoms. The zero-order valence-electron chi connectivity index (χ0n) is 11.3. The number of nitrogens with zero attached hydrogens (tertiary/aromatic N) is 4. The largest absolute Gasteiger partial charge is 0.370 e. The first kappa shape index (κ1) is 12.9. The number of anilines is 1. The van der Waals surface area contributed by atoms with Crippen LogP contribution in [-0.4, -0.2) is 26.3 Å². The summed E-state index contributed by atoms with van der Waals surface area (Å²) in [6.07, 6.45) is 3.30. The van der Waals surface area contributed by atoms with Gasteiger partial charge in [0.1, 0.15) is 12.1 Å². The van der Waals surface area contributed by atoms with Crippen molar-refractivity contribution in [1.82, 2.24) is 19.7 Å². The van der Waals surface area contributed by atoms with Crippen LogP contribution in [0.5, 0.6) is 0 Å². The van der Waals surface area contributed by atoms with Gasteiger partial charge in [-0.1, -0.05) is 17.7 Å². The van der Waals surface area contributed by atoms with E-state index in [0.717, 1.165) is 34.6 Å². The lowest BCUT2D eigenvalue weighted by Gasteiger charge is -2.06. The molecule has 3 aromatic rings. The molecular weight excluding hydrogens is 274 g/mol. The summed E-state index contributed by atoms with van der Waals surface area (Å²) >= 11 is 6.18. The quantitative estimate of drug-likeness (QED) is 0.804. The normalized spacial score (nSPS) is 10.9. The molecule has 1 aromatic carbocycles. The zero-order chi connectivity index (χ0) is 14.1. The van der Waals surface area contributed by atoms with Crippen LogP contribution in [0.25, 0.3) is 16.7 Å². The highest BCUT2D eigenvalue weighted by molar-refractivity contribution is 6.31. The Morgan fingerprint density at radius 2 is 2.15 bits per heavy atom. The van der Waals surface area contributed by atoms with E-state index in [0.29, 0.717) is 5.02 Å². The topological polar surface area (TPSA) is 55.6 Å². The standard InChI is InChI=1S/C14H14ClN5/c1-3-16-13-11-7-19-20(14(11)18-8-17-13)10-5-4-9(2)12(15)6-10/h4-8H,3H2,1-2H3,(H,16,17,18). The lowest BCUT2D eigenvalue weighted by atomic mass is 10.2. The number of benzene rings is 1. The van der Waals surface area contributed by atoms with E-state index in [4.69, 9.17) is 11.6 Å². The molecule has 102 valence electrons. The number of hydrogen-bond acceptors (Lipinski definition) is 4. The van der Waals surface area contributed by atoms with Crippen molar-refractivity contribution >= 4 is 28.5 Å². The first-order valence-electron chi connectivity index (χ1n) is 6.40. The molecule has 0 aliphatic rings. The molecule has 2 heterocycles. The van der Waals surface area contributed by atoms with E-state index in [1.54, 1.807) is 10.9 Å². The van der Waals surface area contributed by atoms with Gasteiger partial charge >= 0.3 is 0 Å². The minimum atomic E-state index is 0.715. The van der Waals surface area contributed by atoms with Gasteiger partial charge in [-0.05, 0) is 31.5 Å². The Morgan fingerprint density at radius 3 is 2.90 bits per heavy atom. The molecule has 0 bridgehead atoms. The van der Waals surface area contributed by atoms with E-state index < -0.39 is 0 Å². The molecule has 0 aliphatic heterocycles. The monoisotopic (exact) mass is 287 g/mol. The van der Waals surface area contributed by atoms with Crippen LogP contribution in [-0.2, 0) is 0 Å². The summed E-state index contributed by atoms with van der Waals surface area (Å²) in [5.74, 6) is 0.793. The summed E-state index contributed by atoms with van der Waals surface area (Å²) in [6.45, 7) is 4.80. The molecule has 20 heavy (non-hydrogen) atoms. The van der Waals surface area contributed by atoms with Gasteiger partial charge in [0.25, 0.3) is 0 Å². The van der Waals surface area contributed by atoms with E-state index >= 15 is 0 Å². The van der Waals surface area contributed by atoms with E-state index in [2.05, 4.69) is 20.4 Å². The third-order valence-electron chi connectivity index (χ3n) is 3.11. The molecule has 0 unspecified atom stereocenters. The van der Waals surface area contributed by atoms with Crippen molar-refractivity contribution in [3.63, 3.8) is 0 Å². The smallest absolute Gasteiger partial charge is 0.168 e. The Labute approximate surface area is 121 Å². The van der Waals surface area contributed by atoms with Crippen LogP contribution < -0.4 is 5.32 Å². The summed E-state index contributed by atoms with van der Waals surface area (Å²) in [5.41, 5.74) is 2.68. The lowest BCUT2D eigenvalue weighted by molar-refractivity contribution is 0.894. The molecule has 0 saturated carbocycles. The number of rotatable bonds is 3. The number of fused-ring (bicyclic) bond motifs is 1. The molecule has 0 atom stereocenters. The molecule has 0 fully saturated rings. The third-order valence-corrected chi connectivity index (χ3v) is 3.52. The predicted octanol–water partition coefficient (Wildman–Crippen LogP) is 3.21. The van der Waals surface area contributed by atoms with Gasteiger partial charge in [0.05, 0.1) is 17.3 Å². The van der Waals surface area contributed by atoms with Crippen LogP contribution in [0.3, 0.4) is 0 Å². The summed E-state index contributed by atoms with van der Waals surface area (Å²) in [6, 6.07) is 5.83. The highest BCUT2D eigenvalue weighted by atomic mass is 35.5. The molecule has 0 aliphatic carbocycles. The van der Waals surface area contributed by atoms with Gasteiger partial charge in [-0.3, -0.25) is 0 Å². The maximum atomic E-state index is 6.18. The highest BCUT2D eigenvalue weighted by Gasteiger charge is 2.11.